The third kappa shape index (κ3) is 5.58. The number of hydrogen-bond acceptors (Lipinski definition) is 0. The molecule has 0 aromatic rings. The van der Waals surface area contributed by atoms with Crippen LogP contribution in [-0.4, -0.2) is 0 Å². The van der Waals surface area contributed by atoms with Crippen molar-refractivity contribution in [3.63, 3.8) is 0 Å². The minimum atomic E-state index is 0. The molecule has 0 bridgehead atoms. The molecule has 0 heterocycles. The Bertz CT molecular complexity index is 686. The van der Waals surface area contributed by atoms with Crippen molar-refractivity contribution in [1.29, 1.82) is 0 Å². The van der Waals surface area contributed by atoms with E-state index in [1.54, 1.807) is 0 Å². The molecule has 0 aromatic heterocycles. The van der Waals surface area contributed by atoms with Gasteiger partial charge in [0.1, 0.15) is 0 Å². The van der Waals surface area contributed by atoms with Crippen LogP contribution in [0.3, 0.4) is 0 Å². The topological polar surface area (TPSA) is 0 Å². The van der Waals surface area contributed by atoms with Crippen LogP contribution in [0.15, 0.2) is 0 Å². The summed E-state index contributed by atoms with van der Waals surface area (Å²) >= 11 is 0. The molecule has 0 aromatic carbocycles. The summed E-state index contributed by atoms with van der Waals surface area (Å²) in [5.74, 6) is 18.0. The number of rotatable bonds is 0. The molecular formula is C37H66Y-2. The second-order valence-electron chi connectivity index (χ2n) is 16.3. The first-order chi connectivity index (χ1) is 17.2. The van der Waals surface area contributed by atoms with Crippen LogP contribution < -0.4 is 0 Å². The van der Waals surface area contributed by atoms with Crippen LogP contribution in [0.4, 0.5) is 0 Å². The van der Waals surface area contributed by atoms with E-state index in [1.807, 2.05) is 0 Å². The summed E-state index contributed by atoms with van der Waals surface area (Å²) in [5, 5.41) is 0. The molecular weight excluding hydrogens is 533 g/mol. The van der Waals surface area contributed by atoms with E-state index in [2.05, 4.69) is 110 Å². The smallest absolute Gasteiger partial charge is 0 e. The third-order valence-corrected chi connectivity index (χ3v) is 15.6. The maximum atomic E-state index is 2.88. The molecule has 5 saturated carbocycles. The minimum absolute atomic E-state index is 0. The van der Waals surface area contributed by atoms with E-state index in [9.17, 15) is 0 Å². The van der Waals surface area contributed by atoms with Gasteiger partial charge in [0, 0.05) is 32.7 Å². The summed E-state index contributed by atoms with van der Waals surface area (Å²) in [4.78, 5) is 0. The van der Waals surface area contributed by atoms with Gasteiger partial charge in [-0.2, -0.15) is 23.7 Å². The zero-order chi connectivity index (χ0) is 27.7. The van der Waals surface area contributed by atoms with Gasteiger partial charge < -0.3 is 12.8 Å². The van der Waals surface area contributed by atoms with E-state index in [0.29, 0.717) is 0 Å². The van der Waals surface area contributed by atoms with Crippen molar-refractivity contribution < 1.29 is 32.7 Å². The molecule has 20 unspecified atom stereocenters. The van der Waals surface area contributed by atoms with Crippen LogP contribution >= 0.6 is 0 Å². The van der Waals surface area contributed by atoms with Crippen molar-refractivity contribution in [2.24, 2.45) is 118 Å². The SMILES string of the molecule is CC1C(C)C(C)C2CC3C(C)C(C)C(C)C(C)C3[CH-]C2C1C.CC1[CH-]C2C(C)C(C)C(C)C(C)C2C1C.[Y]. The van der Waals surface area contributed by atoms with Crippen LogP contribution in [0.25, 0.3) is 0 Å². The largest absolute Gasteiger partial charge is 0.322 e. The monoisotopic (exact) mass is 599 g/mol. The maximum Gasteiger partial charge on any atom is 0 e. The number of fused-ring (bicyclic) bond motifs is 3. The van der Waals surface area contributed by atoms with E-state index >= 15 is 0 Å². The van der Waals surface area contributed by atoms with Gasteiger partial charge in [-0.05, 0) is 53.3 Å². The zero-order valence-electron chi connectivity index (χ0n) is 28.0. The fourth-order valence-electron chi connectivity index (χ4n) is 11.2. The summed E-state index contributed by atoms with van der Waals surface area (Å²) in [7, 11) is 0. The summed E-state index contributed by atoms with van der Waals surface area (Å²) in [6, 6.07) is 0. The minimum Gasteiger partial charge on any atom is -0.322 e. The molecule has 5 fully saturated rings. The molecule has 20 atom stereocenters. The Labute approximate surface area is 265 Å². The van der Waals surface area contributed by atoms with Crippen molar-refractivity contribution in [1.82, 2.24) is 0 Å². The van der Waals surface area contributed by atoms with E-state index in [-0.39, 0.29) is 32.7 Å². The van der Waals surface area contributed by atoms with Gasteiger partial charge in [0.25, 0.3) is 0 Å². The Morgan fingerprint density at radius 1 is 0.342 bits per heavy atom. The zero-order valence-corrected chi connectivity index (χ0v) is 30.8. The Hall–Kier alpha value is 1.10. The van der Waals surface area contributed by atoms with Gasteiger partial charge in [0.2, 0.25) is 0 Å². The van der Waals surface area contributed by atoms with Gasteiger partial charge in [-0.1, -0.05) is 145 Å². The predicted molar refractivity (Wildman–Crippen MR) is 162 cm³/mol. The molecule has 5 aliphatic rings. The molecule has 0 aliphatic heterocycles. The van der Waals surface area contributed by atoms with Crippen molar-refractivity contribution >= 4 is 0 Å². The van der Waals surface area contributed by atoms with Crippen molar-refractivity contribution in [2.75, 3.05) is 0 Å². The Balaban J connectivity index is 0.000000220. The summed E-state index contributed by atoms with van der Waals surface area (Å²) in [6.07, 6.45) is 7.06. The quantitative estimate of drug-likeness (QED) is 0.243. The summed E-state index contributed by atoms with van der Waals surface area (Å²) in [5.41, 5.74) is 0. The standard InChI is InChI=1S/C22H39.C15H27.Y/c1-11-12(2)16(6)20-10-22-18(8)14(4)13(3)17(7)21(22)9-19(20)15(11)5;1-8-7-14-12(5)10(3)11(4)13(6)15(14)9(8)2;/h9,11-22H,10H2,1-8H3;7-15H,1-6H3;/q2*-1;. The van der Waals surface area contributed by atoms with Crippen LogP contribution in [0.1, 0.15) is 103 Å². The predicted octanol–water partition coefficient (Wildman–Crippen LogP) is 10.4. The van der Waals surface area contributed by atoms with Gasteiger partial charge in [-0.3, -0.25) is 0 Å². The number of hydrogen-bond donors (Lipinski definition) is 0. The molecule has 1 heteroatoms. The van der Waals surface area contributed by atoms with E-state index in [0.717, 1.165) is 118 Å². The second kappa shape index (κ2) is 12.8. The first-order valence-corrected chi connectivity index (χ1v) is 16.9. The van der Waals surface area contributed by atoms with E-state index < -0.39 is 0 Å². The van der Waals surface area contributed by atoms with Gasteiger partial charge >= 0.3 is 0 Å². The average molecular weight is 600 g/mol. The molecule has 0 saturated heterocycles. The Kier molecular flexibility index (Phi) is 11.3. The second-order valence-corrected chi connectivity index (χ2v) is 16.3. The molecule has 5 rings (SSSR count). The first-order valence-electron chi connectivity index (χ1n) is 16.9. The third-order valence-electron chi connectivity index (χ3n) is 15.6. The van der Waals surface area contributed by atoms with E-state index in [4.69, 9.17) is 0 Å². The van der Waals surface area contributed by atoms with Crippen molar-refractivity contribution in [2.45, 2.75) is 103 Å². The molecule has 1 radical (unpaired) electrons. The van der Waals surface area contributed by atoms with Crippen molar-refractivity contribution in [3.8, 4) is 0 Å². The molecule has 0 nitrogen and oxygen atoms in total. The Morgan fingerprint density at radius 2 is 0.684 bits per heavy atom. The average Bonchev–Trinajstić information content (AvgIpc) is 3.19. The van der Waals surface area contributed by atoms with Crippen LogP contribution in [0.2, 0.25) is 0 Å². The summed E-state index contributed by atoms with van der Waals surface area (Å²) < 4.78 is 0. The van der Waals surface area contributed by atoms with Gasteiger partial charge in [-0.15, -0.1) is 0 Å². The fourth-order valence-corrected chi connectivity index (χ4v) is 11.2. The van der Waals surface area contributed by atoms with E-state index in [1.165, 1.54) is 6.42 Å². The van der Waals surface area contributed by atoms with Crippen LogP contribution in [-0.2, 0) is 32.7 Å². The molecule has 219 valence electrons. The van der Waals surface area contributed by atoms with Gasteiger partial charge in [0.05, 0.1) is 0 Å². The normalized spacial score (nSPS) is 59.8. The molecule has 38 heavy (non-hydrogen) atoms. The molecule has 0 N–H and O–H groups in total. The van der Waals surface area contributed by atoms with Crippen molar-refractivity contribution in [3.05, 3.63) is 12.8 Å². The Morgan fingerprint density at radius 3 is 1.11 bits per heavy atom. The molecule has 0 spiro atoms. The van der Waals surface area contributed by atoms with Gasteiger partial charge in [-0.25, -0.2) is 0 Å². The first kappa shape index (κ1) is 33.6. The van der Waals surface area contributed by atoms with Crippen LogP contribution in [0, 0.1) is 131 Å². The van der Waals surface area contributed by atoms with Crippen LogP contribution in [0.5, 0.6) is 0 Å². The molecule has 5 aliphatic carbocycles. The molecule has 0 amide bonds. The summed E-state index contributed by atoms with van der Waals surface area (Å²) in [6.45, 7) is 35.1. The fraction of sp³-hybridized carbons (Fsp3) is 0.946. The maximum absolute atomic E-state index is 2.88. The van der Waals surface area contributed by atoms with Gasteiger partial charge in [0.15, 0.2) is 0 Å².